The molecule has 2 rings (SSSR count). The molecular formula is C14H14N4O. The van der Waals surface area contributed by atoms with Gasteiger partial charge in [-0.2, -0.15) is 5.26 Å². The van der Waals surface area contributed by atoms with Crippen LogP contribution in [-0.4, -0.2) is 22.4 Å². The fraction of sp³-hybridized carbons (Fsp3) is 0.214. The fourth-order valence-electron chi connectivity index (χ4n) is 1.73. The van der Waals surface area contributed by atoms with Crippen molar-refractivity contribution >= 4 is 5.91 Å². The molecule has 2 heterocycles. The molecule has 0 aliphatic heterocycles. The molecule has 0 aliphatic rings. The average molecular weight is 254 g/mol. The number of hydrogen-bond donors (Lipinski definition) is 2. The number of pyridine rings is 1. The van der Waals surface area contributed by atoms with E-state index in [1.54, 1.807) is 18.3 Å². The number of rotatable bonds is 5. The van der Waals surface area contributed by atoms with Crippen LogP contribution in [0.1, 0.15) is 21.6 Å². The van der Waals surface area contributed by atoms with Crippen molar-refractivity contribution in [2.24, 2.45) is 0 Å². The lowest BCUT2D eigenvalue weighted by atomic mass is 10.2. The van der Waals surface area contributed by atoms with E-state index in [0.29, 0.717) is 17.8 Å². The highest BCUT2D eigenvalue weighted by Gasteiger charge is 2.06. The molecular weight excluding hydrogens is 240 g/mol. The van der Waals surface area contributed by atoms with Crippen LogP contribution in [0.3, 0.4) is 0 Å². The molecule has 0 bridgehead atoms. The zero-order valence-electron chi connectivity index (χ0n) is 10.4. The van der Waals surface area contributed by atoms with E-state index in [2.05, 4.69) is 15.3 Å². The highest BCUT2D eigenvalue weighted by atomic mass is 16.1. The second-order valence-electron chi connectivity index (χ2n) is 4.10. The number of aromatic nitrogens is 2. The Morgan fingerprint density at radius 3 is 3.11 bits per heavy atom. The van der Waals surface area contributed by atoms with E-state index in [9.17, 15) is 4.79 Å². The van der Waals surface area contributed by atoms with Crippen LogP contribution < -0.4 is 5.32 Å². The van der Waals surface area contributed by atoms with Crippen molar-refractivity contribution < 1.29 is 4.79 Å². The van der Waals surface area contributed by atoms with Gasteiger partial charge in [0.25, 0.3) is 5.91 Å². The summed E-state index contributed by atoms with van der Waals surface area (Å²) in [7, 11) is 0. The minimum atomic E-state index is -0.142. The lowest BCUT2D eigenvalue weighted by Crippen LogP contribution is -2.25. The van der Waals surface area contributed by atoms with Gasteiger partial charge in [-0.15, -0.1) is 0 Å². The molecule has 0 radical (unpaired) electrons. The number of aromatic amines is 1. The highest BCUT2D eigenvalue weighted by Crippen LogP contribution is 2.03. The highest BCUT2D eigenvalue weighted by molar-refractivity contribution is 5.94. The summed E-state index contributed by atoms with van der Waals surface area (Å²) < 4.78 is 0. The maximum Gasteiger partial charge on any atom is 0.251 e. The van der Waals surface area contributed by atoms with Crippen molar-refractivity contribution in [3.8, 4) is 6.07 Å². The van der Waals surface area contributed by atoms with Gasteiger partial charge in [-0.25, -0.2) is 0 Å². The molecule has 0 spiro atoms. The van der Waals surface area contributed by atoms with Gasteiger partial charge in [0, 0.05) is 30.7 Å². The molecule has 0 atom stereocenters. The Hall–Kier alpha value is -2.61. The molecule has 96 valence electrons. The van der Waals surface area contributed by atoms with Gasteiger partial charge in [-0.1, -0.05) is 0 Å². The Labute approximate surface area is 111 Å². The van der Waals surface area contributed by atoms with E-state index < -0.39 is 0 Å². The van der Waals surface area contributed by atoms with E-state index in [1.807, 2.05) is 24.5 Å². The topological polar surface area (TPSA) is 81.6 Å². The number of H-pyrrole nitrogens is 1. The monoisotopic (exact) mass is 254 g/mol. The van der Waals surface area contributed by atoms with E-state index in [4.69, 9.17) is 5.26 Å². The number of hydrogen-bond acceptors (Lipinski definition) is 3. The first-order valence-corrected chi connectivity index (χ1v) is 6.01. The lowest BCUT2D eigenvalue weighted by Gasteiger charge is -2.05. The molecule has 5 nitrogen and oxygen atoms in total. The van der Waals surface area contributed by atoms with Crippen LogP contribution >= 0.6 is 0 Å². The van der Waals surface area contributed by atoms with Gasteiger partial charge in [-0.3, -0.25) is 9.78 Å². The van der Waals surface area contributed by atoms with E-state index in [1.165, 1.54) is 0 Å². The summed E-state index contributed by atoms with van der Waals surface area (Å²) in [6.45, 7) is 0.576. The lowest BCUT2D eigenvalue weighted by molar-refractivity contribution is 0.0954. The summed E-state index contributed by atoms with van der Waals surface area (Å²) >= 11 is 0. The third-order valence-corrected chi connectivity index (χ3v) is 2.70. The van der Waals surface area contributed by atoms with Crippen LogP contribution in [0.15, 0.2) is 36.8 Å². The van der Waals surface area contributed by atoms with Crippen molar-refractivity contribution in [2.45, 2.75) is 12.8 Å². The van der Waals surface area contributed by atoms with Crippen LogP contribution in [0, 0.1) is 11.3 Å². The molecule has 0 aromatic carbocycles. The summed E-state index contributed by atoms with van der Waals surface area (Å²) in [6, 6.07) is 7.28. The zero-order valence-corrected chi connectivity index (χ0v) is 10.4. The molecule has 0 fully saturated rings. The molecule has 0 aliphatic carbocycles. The second-order valence-corrected chi connectivity index (χ2v) is 4.10. The Balaban J connectivity index is 1.89. The summed E-state index contributed by atoms with van der Waals surface area (Å²) in [5.74, 6) is -0.142. The van der Waals surface area contributed by atoms with Crippen molar-refractivity contribution in [2.75, 3.05) is 6.54 Å². The van der Waals surface area contributed by atoms with E-state index >= 15 is 0 Å². The molecule has 1 amide bonds. The Morgan fingerprint density at radius 1 is 1.47 bits per heavy atom. The van der Waals surface area contributed by atoms with Crippen molar-refractivity contribution in [3.63, 3.8) is 0 Å². The number of nitrogens with one attached hydrogen (secondary N) is 2. The average Bonchev–Trinajstić information content (AvgIpc) is 2.92. The number of nitriles is 1. The SMILES string of the molecule is N#CCc1cc(C(=O)NCCc2cc[nH]c2)ccn1. The molecule has 0 saturated heterocycles. The molecule has 19 heavy (non-hydrogen) atoms. The van der Waals surface area contributed by atoms with E-state index in [-0.39, 0.29) is 12.3 Å². The first-order chi connectivity index (χ1) is 9.29. The quantitative estimate of drug-likeness (QED) is 0.847. The minimum absolute atomic E-state index is 0.142. The van der Waals surface area contributed by atoms with E-state index in [0.717, 1.165) is 12.0 Å². The summed E-state index contributed by atoms with van der Waals surface area (Å²) in [4.78, 5) is 18.9. The van der Waals surface area contributed by atoms with Gasteiger partial charge in [0.15, 0.2) is 0 Å². The van der Waals surface area contributed by atoms with Crippen LogP contribution in [0.2, 0.25) is 0 Å². The third-order valence-electron chi connectivity index (χ3n) is 2.70. The third kappa shape index (κ3) is 3.68. The number of carbonyl (C=O) groups is 1. The van der Waals surface area contributed by atoms with Gasteiger partial charge >= 0.3 is 0 Å². The predicted molar refractivity (Wildman–Crippen MR) is 70.4 cm³/mol. The normalized spacial score (nSPS) is 9.84. The zero-order chi connectivity index (χ0) is 13.5. The van der Waals surface area contributed by atoms with Crippen molar-refractivity contribution in [3.05, 3.63) is 53.6 Å². The van der Waals surface area contributed by atoms with Crippen molar-refractivity contribution in [1.82, 2.24) is 15.3 Å². The van der Waals surface area contributed by atoms with Gasteiger partial charge in [-0.05, 0) is 30.2 Å². The Morgan fingerprint density at radius 2 is 2.37 bits per heavy atom. The Bertz CT molecular complexity index is 584. The molecule has 5 heteroatoms. The first kappa shape index (κ1) is 12.8. The van der Waals surface area contributed by atoms with Crippen LogP contribution in [0.25, 0.3) is 0 Å². The fourth-order valence-corrected chi connectivity index (χ4v) is 1.73. The summed E-state index contributed by atoms with van der Waals surface area (Å²) in [6.07, 6.45) is 6.31. The first-order valence-electron chi connectivity index (χ1n) is 6.01. The minimum Gasteiger partial charge on any atom is -0.367 e. The van der Waals surface area contributed by atoms with Gasteiger partial charge < -0.3 is 10.3 Å². The molecule has 2 N–H and O–H groups in total. The number of amides is 1. The van der Waals surface area contributed by atoms with Crippen LogP contribution in [0.5, 0.6) is 0 Å². The Kier molecular flexibility index (Phi) is 4.29. The molecule has 0 saturated carbocycles. The summed E-state index contributed by atoms with van der Waals surface area (Å²) in [5, 5.41) is 11.4. The van der Waals surface area contributed by atoms with Gasteiger partial charge in [0.1, 0.15) is 0 Å². The predicted octanol–water partition coefficient (Wildman–Crippen LogP) is 1.45. The summed E-state index contributed by atoms with van der Waals surface area (Å²) in [5.41, 5.74) is 2.30. The molecule has 0 unspecified atom stereocenters. The number of nitrogens with zero attached hydrogens (tertiary/aromatic N) is 2. The van der Waals surface area contributed by atoms with Gasteiger partial charge in [0.2, 0.25) is 0 Å². The van der Waals surface area contributed by atoms with Crippen LogP contribution in [0.4, 0.5) is 0 Å². The number of carbonyl (C=O) groups excluding carboxylic acids is 1. The standard InChI is InChI=1S/C14H14N4O/c15-5-1-13-9-12(4-8-17-13)14(19)18-7-3-11-2-6-16-10-11/h2,4,6,8-10,16H,1,3,7H2,(H,18,19). The largest absolute Gasteiger partial charge is 0.367 e. The second kappa shape index (κ2) is 6.36. The maximum absolute atomic E-state index is 11.9. The molecule has 2 aromatic heterocycles. The van der Waals surface area contributed by atoms with Gasteiger partial charge in [0.05, 0.1) is 18.2 Å². The smallest absolute Gasteiger partial charge is 0.251 e. The maximum atomic E-state index is 11.9. The van der Waals surface area contributed by atoms with Crippen molar-refractivity contribution in [1.29, 1.82) is 5.26 Å². The van der Waals surface area contributed by atoms with Crippen LogP contribution in [-0.2, 0) is 12.8 Å². The molecule has 2 aromatic rings.